The molecule has 1 aromatic carbocycles. The number of rotatable bonds is 3. The van der Waals surface area contributed by atoms with E-state index in [0.29, 0.717) is 12.6 Å². The molecule has 0 saturated carbocycles. The Hall–Kier alpha value is -1.53. The molecule has 0 bridgehead atoms. The van der Waals surface area contributed by atoms with E-state index in [2.05, 4.69) is 17.1 Å². The van der Waals surface area contributed by atoms with Crippen LogP contribution in [0.25, 0.3) is 0 Å². The first-order chi connectivity index (χ1) is 8.56. The number of benzene rings is 1. The van der Waals surface area contributed by atoms with Gasteiger partial charge < -0.3 is 5.32 Å². The van der Waals surface area contributed by atoms with Crippen LogP contribution in [-0.2, 0) is 6.54 Å². The number of nitro groups is 1. The van der Waals surface area contributed by atoms with E-state index < -0.39 is 16.4 Å². The van der Waals surface area contributed by atoms with Crippen molar-refractivity contribution in [3.05, 3.63) is 39.7 Å². The minimum atomic E-state index is -0.763. The van der Waals surface area contributed by atoms with Gasteiger partial charge in [-0.05, 0) is 18.6 Å². The number of halogens is 1. The summed E-state index contributed by atoms with van der Waals surface area (Å²) in [4.78, 5) is 12.0. The van der Waals surface area contributed by atoms with Crippen LogP contribution in [0.15, 0.2) is 18.2 Å². The van der Waals surface area contributed by atoms with E-state index in [9.17, 15) is 14.5 Å². The first-order valence-corrected chi connectivity index (χ1v) is 5.95. The van der Waals surface area contributed by atoms with Crippen LogP contribution in [0.4, 0.5) is 10.1 Å². The van der Waals surface area contributed by atoms with E-state index in [4.69, 9.17) is 0 Å². The lowest BCUT2D eigenvalue weighted by molar-refractivity contribution is -0.387. The molecule has 0 spiro atoms. The van der Waals surface area contributed by atoms with E-state index in [-0.39, 0.29) is 0 Å². The molecule has 0 amide bonds. The van der Waals surface area contributed by atoms with Crippen LogP contribution in [0, 0.1) is 15.9 Å². The molecule has 1 saturated heterocycles. The number of hydrogen-bond donors (Lipinski definition) is 1. The molecule has 2 rings (SSSR count). The van der Waals surface area contributed by atoms with Gasteiger partial charge in [-0.1, -0.05) is 6.07 Å². The average molecular weight is 253 g/mol. The third-order valence-electron chi connectivity index (χ3n) is 3.07. The van der Waals surface area contributed by atoms with Crippen molar-refractivity contribution in [2.24, 2.45) is 0 Å². The van der Waals surface area contributed by atoms with Crippen molar-refractivity contribution in [1.82, 2.24) is 10.2 Å². The zero-order valence-corrected chi connectivity index (χ0v) is 10.2. The number of nitro benzene ring substituents is 1. The largest absolute Gasteiger partial charge is 0.312 e. The Labute approximate surface area is 105 Å². The summed E-state index contributed by atoms with van der Waals surface area (Å²) in [5, 5.41) is 13.8. The Morgan fingerprint density at radius 3 is 3.00 bits per heavy atom. The maximum atomic E-state index is 13.5. The van der Waals surface area contributed by atoms with Crippen LogP contribution in [0.2, 0.25) is 0 Å². The topological polar surface area (TPSA) is 58.4 Å². The molecule has 0 unspecified atom stereocenters. The number of nitrogens with one attached hydrogen (secondary N) is 1. The zero-order valence-electron chi connectivity index (χ0n) is 10.2. The summed E-state index contributed by atoms with van der Waals surface area (Å²) in [5.74, 6) is -0.763. The fraction of sp³-hybridized carbons (Fsp3) is 0.500. The molecule has 0 aromatic heterocycles. The molecule has 5 nitrogen and oxygen atoms in total. The lowest BCUT2D eigenvalue weighted by Crippen LogP contribution is -2.48. The fourth-order valence-corrected chi connectivity index (χ4v) is 2.21. The van der Waals surface area contributed by atoms with Crippen molar-refractivity contribution in [2.75, 3.05) is 19.6 Å². The van der Waals surface area contributed by atoms with Gasteiger partial charge in [-0.2, -0.15) is 4.39 Å². The Bertz CT molecular complexity index is 453. The van der Waals surface area contributed by atoms with Crippen molar-refractivity contribution in [1.29, 1.82) is 0 Å². The lowest BCUT2D eigenvalue weighted by Gasteiger charge is -2.31. The van der Waals surface area contributed by atoms with Crippen molar-refractivity contribution in [3.63, 3.8) is 0 Å². The molecular weight excluding hydrogens is 237 g/mol. The second-order valence-corrected chi connectivity index (χ2v) is 4.63. The highest BCUT2D eigenvalue weighted by atomic mass is 19.1. The summed E-state index contributed by atoms with van der Waals surface area (Å²) in [6.45, 7) is 5.45. The Morgan fingerprint density at radius 1 is 1.61 bits per heavy atom. The highest BCUT2D eigenvalue weighted by Gasteiger charge is 2.18. The maximum absolute atomic E-state index is 13.5. The minimum absolute atomic E-state index is 0.418. The van der Waals surface area contributed by atoms with E-state index in [1.807, 2.05) is 0 Å². The summed E-state index contributed by atoms with van der Waals surface area (Å²) in [6.07, 6.45) is 0. The molecule has 6 heteroatoms. The lowest BCUT2D eigenvalue weighted by atomic mass is 10.1. The average Bonchev–Trinajstić information content (AvgIpc) is 2.28. The highest BCUT2D eigenvalue weighted by Crippen LogP contribution is 2.19. The van der Waals surface area contributed by atoms with Gasteiger partial charge >= 0.3 is 5.69 Å². The summed E-state index contributed by atoms with van der Waals surface area (Å²) in [5.41, 5.74) is 0.305. The van der Waals surface area contributed by atoms with Crippen molar-refractivity contribution in [3.8, 4) is 0 Å². The first kappa shape index (κ1) is 12.9. The van der Waals surface area contributed by atoms with Crippen LogP contribution in [-0.4, -0.2) is 35.5 Å². The predicted octanol–water partition coefficient (Wildman–Crippen LogP) is 1.53. The molecule has 0 radical (unpaired) electrons. The van der Waals surface area contributed by atoms with Crippen LogP contribution in [0.3, 0.4) is 0 Å². The third kappa shape index (κ3) is 3.02. The molecular formula is C12H16FN3O2. The van der Waals surface area contributed by atoms with E-state index in [1.54, 1.807) is 6.07 Å². The molecule has 1 aliphatic rings. The van der Waals surface area contributed by atoms with Gasteiger partial charge in [-0.15, -0.1) is 0 Å². The molecule has 1 aliphatic heterocycles. The standard InChI is InChI=1S/C12H16FN3O2/c1-9-7-15(5-4-14-9)8-10-2-3-12(16(17)18)11(13)6-10/h2-3,6,9,14H,4-5,7-8H2,1H3/t9-/m1/s1. The van der Waals surface area contributed by atoms with Gasteiger partial charge in [0.15, 0.2) is 0 Å². The predicted molar refractivity (Wildman–Crippen MR) is 65.8 cm³/mol. The second kappa shape index (κ2) is 5.41. The first-order valence-electron chi connectivity index (χ1n) is 5.95. The van der Waals surface area contributed by atoms with Gasteiger partial charge in [0, 0.05) is 38.3 Å². The summed E-state index contributed by atoms with van der Waals surface area (Å²) in [6, 6.07) is 4.52. The maximum Gasteiger partial charge on any atom is 0.304 e. The number of hydrogen-bond acceptors (Lipinski definition) is 4. The van der Waals surface area contributed by atoms with Crippen molar-refractivity contribution in [2.45, 2.75) is 19.5 Å². The molecule has 1 fully saturated rings. The van der Waals surface area contributed by atoms with Gasteiger partial charge in [-0.3, -0.25) is 15.0 Å². The van der Waals surface area contributed by atoms with Gasteiger partial charge in [0.05, 0.1) is 4.92 Å². The van der Waals surface area contributed by atoms with Gasteiger partial charge in [-0.25, -0.2) is 0 Å². The normalized spacial score (nSPS) is 20.9. The molecule has 1 atom stereocenters. The molecule has 98 valence electrons. The van der Waals surface area contributed by atoms with Gasteiger partial charge in [0.2, 0.25) is 5.82 Å². The molecule has 0 aliphatic carbocycles. The van der Waals surface area contributed by atoms with Gasteiger partial charge in [0.25, 0.3) is 0 Å². The Morgan fingerprint density at radius 2 is 2.39 bits per heavy atom. The number of nitrogens with zero attached hydrogens (tertiary/aromatic N) is 2. The molecule has 1 heterocycles. The van der Waals surface area contributed by atoms with Crippen LogP contribution in [0.5, 0.6) is 0 Å². The van der Waals surface area contributed by atoms with Gasteiger partial charge in [0.1, 0.15) is 0 Å². The SMILES string of the molecule is C[C@@H]1CN(Cc2ccc([N+](=O)[O-])c(F)c2)CCN1. The summed E-state index contributed by atoms with van der Waals surface area (Å²) < 4.78 is 13.5. The minimum Gasteiger partial charge on any atom is -0.312 e. The van der Waals surface area contributed by atoms with E-state index in [1.165, 1.54) is 12.1 Å². The summed E-state index contributed by atoms with van der Waals surface area (Å²) >= 11 is 0. The van der Waals surface area contributed by atoms with E-state index in [0.717, 1.165) is 25.2 Å². The van der Waals surface area contributed by atoms with Crippen molar-refractivity contribution >= 4 is 5.69 Å². The number of piperazine rings is 1. The molecule has 1 N–H and O–H groups in total. The fourth-order valence-electron chi connectivity index (χ4n) is 2.21. The summed E-state index contributed by atoms with van der Waals surface area (Å²) in [7, 11) is 0. The van der Waals surface area contributed by atoms with E-state index >= 15 is 0 Å². The highest BCUT2D eigenvalue weighted by molar-refractivity contribution is 5.35. The monoisotopic (exact) mass is 253 g/mol. The quantitative estimate of drug-likeness (QED) is 0.655. The molecule has 1 aromatic rings. The van der Waals surface area contributed by atoms with Crippen molar-refractivity contribution < 1.29 is 9.31 Å². The smallest absolute Gasteiger partial charge is 0.304 e. The zero-order chi connectivity index (χ0) is 13.1. The third-order valence-corrected chi connectivity index (χ3v) is 3.07. The van der Waals surface area contributed by atoms with Crippen LogP contribution in [0.1, 0.15) is 12.5 Å². The van der Waals surface area contributed by atoms with Crippen LogP contribution < -0.4 is 5.32 Å². The second-order valence-electron chi connectivity index (χ2n) is 4.63. The van der Waals surface area contributed by atoms with Crippen LogP contribution >= 0.6 is 0 Å². The molecule has 18 heavy (non-hydrogen) atoms. The Kier molecular flexibility index (Phi) is 3.88. The Balaban J connectivity index is 2.05.